The zero-order valence-corrected chi connectivity index (χ0v) is 14.3. The number of fused-ring (bicyclic) bond motifs is 1. The van der Waals surface area contributed by atoms with Crippen molar-refractivity contribution < 1.29 is 22.7 Å². The molecule has 0 aliphatic heterocycles. The molecule has 27 heavy (non-hydrogen) atoms. The maximum atomic E-state index is 13.0. The van der Waals surface area contributed by atoms with Crippen LogP contribution in [-0.4, -0.2) is 33.4 Å². The molecule has 0 spiro atoms. The number of pyridine rings is 1. The van der Waals surface area contributed by atoms with Gasteiger partial charge in [0.1, 0.15) is 17.2 Å². The summed E-state index contributed by atoms with van der Waals surface area (Å²) in [7, 11) is 2.77. The summed E-state index contributed by atoms with van der Waals surface area (Å²) in [6.45, 7) is 0. The van der Waals surface area contributed by atoms with Crippen LogP contribution in [0.5, 0.6) is 0 Å². The van der Waals surface area contributed by atoms with E-state index in [4.69, 9.17) is 15.9 Å². The van der Waals surface area contributed by atoms with E-state index in [9.17, 15) is 18.0 Å². The van der Waals surface area contributed by atoms with Gasteiger partial charge in [-0.15, -0.1) is 0 Å². The fraction of sp³-hybridized carbons (Fsp3) is 0.176. The van der Waals surface area contributed by atoms with Gasteiger partial charge in [-0.2, -0.15) is 13.2 Å². The lowest BCUT2D eigenvalue weighted by atomic mass is 10.1. The third-order valence-electron chi connectivity index (χ3n) is 4.00. The van der Waals surface area contributed by atoms with E-state index >= 15 is 0 Å². The lowest BCUT2D eigenvalue weighted by Crippen LogP contribution is -2.16. The minimum absolute atomic E-state index is 0.0527. The SMILES string of the molecule is COC(=O)c1ccc(C(=N)N)nc1-c1nc2cc(C(F)(F)F)ccc2n1C. The van der Waals surface area contributed by atoms with Crippen LogP contribution in [0.4, 0.5) is 13.2 Å². The maximum Gasteiger partial charge on any atom is 0.416 e. The van der Waals surface area contributed by atoms with Crippen molar-refractivity contribution in [2.24, 2.45) is 12.8 Å². The number of nitrogens with zero attached hydrogens (tertiary/aromatic N) is 3. The fourth-order valence-electron chi connectivity index (χ4n) is 2.64. The van der Waals surface area contributed by atoms with E-state index in [1.54, 1.807) is 7.05 Å². The molecule has 2 aromatic heterocycles. The lowest BCUT2D eigenvalue weighted by molar-refractivity contribution is -0.137. The molecule has 3 rings (SSSR count). The number of aromatic nitrogens is 3. The van der Waals surface area contributed by atoms with Gasteiger partial charge in [0.2, 0.25) is 0 Å². The lowest BCUT2D eigenvalue weighted by Gasteiger charge is -2.09. The molecule has 0 amide bonds. The van der Waals surface area contributed by atoms with Crippen molar-refractivity contribution in [2.75, 3.05) is 7.11 Å². The highest BCUT2D eigenvalue weighted by molar-refractivity contribution is 5.99. The number of amidine groups is 1. The van der Waals surface area contributed by atoms with E-state index in [-0.39, 0.29) is 34.1 Å². The van der Waals surface area contributed by atoms with E-state index in [0.717, 1.165) is 12.1 Å². The Bertz CT molecular complexity index is 1070. The Hall–Kier alpha value is -3.43. The molecule has 1 aromatic carbocycles. The highest BCUT2D eigenvalue weighted by Gasteiger charge is 2.31. The van der Waals surface area contributed by atoms with Gasteiger partial charge < -0.3 is 15.0 Å². The number of benzene rings is 1. The van der Waals surface area contributed by atoms with Gasteiger partial charge in [0, 0.05) is 7.05 Å². The zero-order chi connectivity index (χ0) is 19.9. The van der Waals surface area contributed by atoms with Crippen molar-refractivity contribution >= 4 is 22.8 Å². The average Bonchev–Trinajstić information content (AvgIpc) is 2.96. The number of carbonyl (C=O) groups is 1. The van der Waals surface area contributed by atoms with E-state index in [1.807, 2.05) is 0 Å². The highest BCUT2D eigenvalue weighted by Crippen LogP contribution is 2.33. The molecule has 10 heteroatoms. The van der Waals surface area contributed by atoms with Gasteiger partial charge in [0.05, 0.1) is 29.3 Å². The third-order valence-corrected chi connectivity index (χ3v) is 4.00. The molecule has 0 saturated heterocycles. The van der Waals surface area contributed by atoms with Gasteiger partial charge in [0.15, 0.2) is 5.82 Å². The first-order valence-corrected chi connectivity index (χ1v) is 7.61. The van der Waals surface area contributed by atoms with Crippen LogP contribution < -0.4 is 5.73 Å². The van der Waals surface area contributed by atoms with Crippen molar-refractivity contribution in [3.63, 3.8) is 0 Å². The van der Waals surface area contributed by atoms with Crippen LogP contribution in [-0.2, 0) is 18.0 Å². The molecule has 0 fully saturated rings. The van der Waals surface area contributed by atoms with E-state index in [0.29, 0.717) is 5.52 Å². The first-order valence-electron chi connectivity index (χ1n) is 7.61. The number of hydrogen-bond donors (Lipinski definition) is 2. The Morgan fingerprint density at radius 3 is 2.52 bits per heavy atom. The topological polar surface area (TPSA) is 107 Å². The molecule has 0 radical (unpaired) electrons. The van der Waals surface area contributed by atoms with Crippen molar-refractivity contribution in [1.29, 1.82) is 5.41 Å². The van der Waals surface area contributed by atoms with Gasteiger partial charge in [-0.05, 0) is 30.3 Å². The normalized spacial score (nSPS) is 11.6. The van der Waals surface area contributed by atoms with Gasteiger partial charge >= 0.3 is 12.1 Å². The number of carbonyl (C=O) groups excluding carboxylic acids is 1. The van der Waals surface area contributed by atoms with E-state index in [2.05, 4.69) is 9.97 Å². The number of nitrogens with one attached hydrogen (secondary N) is 1. The summed E-state index contributed by atoms with van der Waals surface area (Å²) in [4.78, 5) is 20.5. The molecule has 0 unspecified atom stereocenters. The first-order chi connectivity index (χ1) is 12.6. The second-order valence-electron chi connectivity index (χ2n) is 5.69. The molecule has 140 valence electrons. The van der Waals surface area contributed by atoms with Crippen molar-refractivity contribution in [3.8, 4) is 11.5 Å². The van der Waals surface area contributed by atoms with Crippen LogP contribution in [0.3, 0.4) is 0 Å². The minimum atomic E-state index is -4.50. The Morgan fingerprint density at radius 2 is 1.93 bits per heavy atom. The molecule has 2 heterocycles. The van der Waals surface area contributed by atoms with Crippen LogP contribution in [0.1, 0.15) is 21.6 Å². The molecule has 3 aromatic rings. The highest BCUT2D eigenvalue weighted by atomic mass is 19.4. The Balaban J connectivity index is 2.28. The molecule has 0 bridgehead atoms. The van der Waals surface area contributed by atoms with Gasteiger partial charge in [-0.1, -0.05) is 0 Å². The number of halogens is 3. The summed E-state index contributed by atoms with van der Waals surface area (Å²) in [5.74, 6) is -0.880. The van der Waals surface area contributed by atoms with Crippen LogP contribution in [0, 0.1) is 5.41 Å². The van der Waals surface area contributed by atoms with E-state index < -0.39 is 17.7 Å². The number of alkyl halides is 3. The third kappa shape index (κ3) is 3.21. The van der Waals surface area contributed by atoms with Crippen molar-refractivity contribution in [2.45, 2.75) is 6.18 Å². The zero-order valence-electron chi connectivity index (χ0n) is 14.3. The van der Waals surface area contributed by atoms with Gasteiger partial charge in [0.25, 0.3) is 0 Å². The molecular weight excluding hydrogens is 363 g/mol. The number of hydrogen-bond acceptors (Lipinski definition) is 5. The fourth-order valence-corrected chi connectivity index (χ4v) is 2.64. The van der Waals surface area contributed by atoms with Gasteiger partial charge in [-0.3, -0.25) is 5.41 Å². The summed E-state index contributed by atoms with van der Waals surface area (Å²) >= 11 is 0. The monoisotopic (exact) mass is 377 g/mol. The second kappa shape index (κ2) is 6.38. The van der Waals surface area contributed by atoms with Crippen LogP contribution in [0.25, 0.3) is 22.6 Å². The average molecular weight is 377 g/mol. The number of ether oxygens (including phenoxy) is 1. The van der Waals surface area contributed by atoms with E-state index in [1.165, 1.54) is 29.9 Å². The predicted octanol–water partition coefficient (Wildman–Crippen LogP) is 2.72. The van der Waals surface area contributed by atoms with Gasteiger partial charge in [-0.25, -0.2) is 14.8 Å². The summed E-state index contributed by atoms with van der Waals surface area (Å²) in [6.07, 6.45) is -4.50. The summed E-state index contributed by atoms with van der Waals surface area (Å²) in [5, 5.41) is 7.52. The molecule has 3 N–H and O–H groups in total. The number of methoxy groups -OCH3 is 1. The number of esters is 1. The largest absolute Gasteiger partial charge is 0.465 e. The molecule has 7 nitrogen and oxygen atoms in total. The number of nitrogens with two attached hydrogens (primary N) is 1. The van der Waals surface area contributed by atoms with Crippen molar-refractivity contribution in [1.82, 2.24) is 14.5 Å². The Labute approximate surface area is 151 Å². The predicted molar refractivity (Wildman–Crippen MR) is 91.3 cm³/mol. The smallest absolute Gasteiger partial charge is 0.416 e. The standard InChI is InChI=1S/C17H14F3N5O2/c1-25-12-6-3-8(17(18,19)20)7-11(12)24-15(25)13-9(16(26)27-2)4-5-10(23-13)14(21)22/h3-7H,1-2H3,(H3,21,22). The molecule has 0 atom stereocenters. The van der Waals surface area contributed by atoms with Crippen LogP contribution >= 0.6 is 0 Å². The second-order valence-corrected chi connectivity index (χ2v) is 5.69. The molecule has 0 aliphatic rings. The van der Waals surface area contributed by atoms with Crippen LogP contribution in [0.2, 0.25) is 0 Å². The van der Waals surface area contributed by atoms with Crippen LogP contribution in [0.15, 0.2) is 30.3 Å². The quantitative estimate of drug-likeness (QED) is 0.415. The summed E-state index contributed by atoms with van der Waals surface area (Å²) in [5.41, 5.74) is 5.34. The Morgan fingerprint density at radius 1 is 1.22 bits per heavy atom. The number of nitrogen functional groups attached to an aromatic ring is 1. The summed E-state index contributed by atoms with van der Waals surface area (Å²) in [6, 6.07) is 5.93. The first kappa shape index (κ1) is 18.4. The van der Waals surface area contributed by atoms with Crippen molar-refractivity contribution in [3.05, 3.63) is 47.2 Å². The molecule has 0 aliphatic carbocycles. The summed E-state index contributed by atoms with van der Waals surface area (Å²) < 4.78 is 45.1. The number of aryl methyl sites for hydroxylation is 1. The Kier molecular flexibility index (Phi) is 4.34. The molecule has 0 saturated carbocycles. The minimum Gasteiger partial charge on any atom is -0.465 e. The number of imidazole rings is 1. The molecular formula is C17H14F3N5O2. The number of rotatable bonds is 3. The maximum absolute atomic E-state index is 13.0.